The third kappa shape index (κ3) is 1.82. The highest BCUT2D eigenvalue weighted by molar-refractivity contribution is 5.40. The lowest BCUT2D eigenvalue weighted by atomic mass is 10.0. The van der Waals surface area contributed by atoms with Crippen LogP contribution in [0.1, 0.15) is 37.7 Å². The number of hydrogen-bond acceptors (Lipinski definition) is 2. The van der Waals surface area contributed by atoms with Gasteiger partial charge in [0.25, 0.3) is 0 Å². The number of anilines is 1. The molecule has 2 saturated heterocycles. The molecule has 3 rings (SSSR count). The number of piperidine rings is 1. The lowest BCUT2D eigenvalue weighted by Crippen LogP contribution is -2.38. The lowest BCUT2D eigenvalue weighted by molar-refractivity contribution is 0.132. The average Bonchev–Trinajstić information content (AvgIpc) is 2.51. The minimum absolute atomic E-state index is 0.847. The van der Waals surface area contributed by atoms with Crippen LogP contribution in [-0.4, -0.2) is 17.0 Å². The number of nitrogens with zero attached hydrogens (tertiary/aromatic N) is 1. The maximum atomic E-state index is 5.83. The van der Waals surface area contributed by atoms with Gasteiger partial charge < -0.3 is 5.73 Å². The van der Waals surface area contributed by atoms with Crippen molar-refractivity contribution in [2.75, 3.05) is 5.73 Å². The van der Waals surface area contributed by atoms with Crippen LogP contribution in [0.5, 0.6) is 0 Å². The van der Waals surface area contributed by atoms with Gasteiger partial charge >= 0.3 is 0 Å². The van der Waals surface area contributed by atoms with Crippen molar-refractivity contribution >= 4 is 5.69 Å². The van der Waals surface area contributed by atoms with Crippen molar-refractivity contribution in [3.63, 3.8) is 0 Å². The van der Waals surface area contributed by atoms with Gasteiger partial charge in [0.05, 0.1) is 0 Å². The summed E-state index contributed by atoms with van der Waals surface area (Å²) in [5, 5.41) is 0. The first-order valence-corrected chi connectivity index (χ1v) is 6.43. The molecular weight excluding hydrogens is 196 g/mol. The summed E-state index contributed by atoms with van der Waals surface area (Å²) in [7, 11) is 0. The van der Waals surface area contributed by atoms with Gasteiger partial charge in [-0.15, -0.1) is 0 Å². The lowest BCUT2D eigenvalue weighted by Gasteiger charge is -2.34. The minimum Gasteiger partial charge on any atom is -0.399 e. The highest BCUT2D eigenvalue weighted by Crippen LogP contribution is 2.36. The van der Waals surface area contributed by atoms with E-state index in [1.54, 1.807) is 0 Å². The first kappa shape index (κ1) is 10.2. The number of nitrogen functional groups attached to an aromatic ring is 1. The van der Waals surface area contributed by atoms with Crippen molar-refractivity contribution in [2.24, 2.45) is 0 Å². The number of fused-ring (bicyclic) bond motifs is 2. The molecule has 16 heavy (non-hydrogen) atoms. The fraction of sp³-hybridized carbons (Fsp3) is 0.571. The molecular formula is C14H20N2. The van der Waals surface area contributed by atoms with E-state index in [9.17, 15) is 0 Å². The van der Waals surface area contributed by atoms with Crippen molar-refractivity contribution in [1.29, 1.82) is 0 Å². The predicted octanol–water partition coefficient (Wildman–Crippen LogP) is 2.79. The summed E-state index contributed by atoms with van der Waals surface area (Å²) in [6, 6.07) is 10.0. The van der Waals surface area contributed by atoms with E-state index >= 15 is 0 Å². The smallest absolute Gasteiger partial charge is 0.0317 e. The zero-order chi connectivity index (χ0) is 11.0. The molecule has 2 aliphatic rings. The monoisotopic (exact) mass is 216 g/mol. The standard InChI is InChI=1S/C14H20N2/c15-12-4-1-3-11(9-12)10-16-13-5-2-6-14(16)8-7-13/h1,3-4,9,13-14H,2,5-8,10,15H2. The molecule has 0 aromatic heterocycles. The largest absolute Gasteiger partial charge is 0.399 e. The van der Waals surface area contributed by atoms with Crippen LogP contribution in [0, 0.1) is 0 Å². The van der Waals surface area contributed by atoms with Gasteiger partial charge in [-0.25, -0.2) is 0 Å². The van der Waals surface area contributed by atoms with Gasteiger partial charge in [0.15, 0.2) is 0 Å². The summed E-state index contributed by atoms with van der Waals surface area (Å²) < 4.78 is 0. The Morgan fingerprint density at radius 1 is 1.12 bits per heavy atom. The molecule has 0 spiro atoms. The normalized spacial score (nSPS) is 29.5. The third-order valence-corrected chi connectivity index (χ3v) is 4.16. The van der Waals surface area contributed by atoms with Crippen LogP contribution in [0.4, 0.5) is 5.69 Å². The van der Waals surface area contributed by atoms with Crippen LogP contribution in [0.15, 0.2) is 24.3 Å². The second kappa shape index (κ2) is 4.10. The number of benzene rings is 1. The average molecular weight is 216 g/mol. The van der Waals surface area contributed by atoms with E-state index in [0.717, 1.165) is 24.3 Å². The Bertz CT molecular complexity index is 359. The zero-order valence-electron chi connectivity index (χ0n) is 9.73. The molecule has 2 bridgehead atoms. The zero-order valence-corrected chi connectivity index (χ0v) is 9.73. The van der Waals surface area contributed by atoms with Crippen LogP contribution in [-0.2, 0) is 6.54 Å². The molecule has 2 unspecified atom stereocenters. The van der Waals surface area contributed by atoms with Gasteiger partial charge in [-0.2, -0.15) is 0 Å². The highest BCUT2D eigenvalue weighted by Gasteiger charge is 2.35. The molecule has 2 nitrogen and oxygen atoms in total. The topological polar surface area (TPSA) is 29.3 Å². The Kier molecular flexibility index (Phi) is 2.60. The van der Waals surface area contributed by atoms with Crippen LogP contribution in [0.25, 0.3) is 0 Å². The second-order valence-electron chi connectivity index (χ2n) is 5.23. The quantitative estimate of drug-likeness (QED) is 0.770. The molecule has 0 aliphatic carbocycles. The number of hydrogen-bond donors (Lipinski definition) is 1. The number of nitrogens with two attached hydrogens (primary N) is 1. The molecule has 2 atom stereocenters. The molecule has 86 valence electrons. The molecule has 1 aromatic carbocycles. The van der Waals surface area contributed by atoms with E-state index in [2.05, 4.69) is 23.1 Å². The predicted molar refractivity (Wildman–Crippen MR) is 67.1 cm³/mol. The fourth-order valence-electron chi connectivity index (χ4n) is 3.38. The summed E-state index contributed by atoms with van der Waals surface area (Å²) in [6.07, 6.45) is 7.06. The molecule has 1 aromatic rings. The van der Waals surface area contributed by atoms with Crippen LogP contribution in [0.3, 0.4) is 0 Å². The van der Waals surface area contributed by atoms with Gasteiger partial charge in [0.1, 0.15) is 0 Å². The third-order valence-electron chi connectivity index (χ3n) is 4.16. The van der Waals surface area contributed by atoms with Gasteiger partial charge in [-0.1, -0.05) is 18.6 Å². The van der Waals surface area contributed by atoms with Gasteiger partial charge in [0, 0.05) is 24.3 Å². The molecule has 2 heterocycles. The summed E-state index contributed by atoms with van der Waals surface area (Å²) >= 11 is 0. The first-order chi connectivity index (χ1) is 7.83. The summed E-state index contributed by atoms with van der Waals surface area (Å²) in [6.45, 7) is 1.10. The fourth-order valence-corrected chi connectivity index (χ4v) is 3.38. The molecule has 0 saturated carbocycles. The summed E-state index contributed by atoms with van der Waals surface area (Å²) in [5.74, 6) is 0. The maximum absolute atomic E-state index is 5.83. The van der Waals surface area contributed by atoms with Crippen molar-refractivity contribution in [2.45, 2.75) is 50.7 Å². The minimum atomic E-state index is 0.847. The van der Waals surface area contributed by atoms with Crippen molar-refractivity contribution < 1.29 is 0 Å². The second-order valence-corrected chi connectivity index (χ2v) is 5.23. The highest BCUT2D eigenvalue weighted by atomic mass is 15.2. The van der Waals surface area contributed by atoms with E-state index in [1.807, 2.05) is 6.07 Å². The molecule has 2 N–H and O–H groups in total. The Morgan fingerprint density at radius 2 is 1.88 bits per heavy atom. The van der Waals surface area contributed by atoms with Gasteiger partial charge in [-0.05, 0) is 43.4 Å². The maximum Gasteiger partial charge on any atom is 0.0317 e. The van der Waals surface area contributed by atoms with Crippen molar-refractivity contribution in [3.8, 4) is 0 Å². The van der Waals surface area contributed by atoms with E-state index < -0.39 is 0 Å². The van der Waals surface area contributed by atoms with E-state index in [0.29, 0.717) is 0 Å². The molecule has 0 radical (unpaired) electrons. The molecule has 0 amide bonds. The van der Waals surface area contributed by atoms with Gasteiger partial charge in [0.2, 0.25) is 0 Å². The van der Waals surface area contributed by atoms with Crippen molar-refractivity contribution in [1.82, 2.24) is 4.90 Å². The Balaban J connectivity index is 1.75. The molecule has 2 fully saturated rings. The first-order valence-electron chi connectivity index (χ1n) is 6.43. The Labute approximate surface area is 97.4 Å². The Morgan fingerprint density at radius 3 is 2.56 bits per heavy atom. The van der Waals surface area contributed by atoms with Crippen LogP contribution < -0.4 is 5.73 Å². The van der Waals surface area contributed by atoms with Gasteiger partial charge in [-0.3, -0.25) is 4.90 Å². The Hall–Kier alpha value is -1.02. The van der Waals surface area contributed by atoms with E-state index in [4.69, 9.17) is 5.73 Å². The SMILES string of the molecule is Nc1cccc(CN2C3CCCC2CC3)c1. The van der Waals surface area contributed by atoms with Crippen LogP contribution >= 0.6 is 0 Å². The molecule has 2 aliphatic heterocycles. The summed E-state index contributed by atoms with van der Waals surface area (Å²) in [4.78, 5) is 2.71. The number of rotatable bonds is 2. The molecule has 2 heteroatoms. The van der Waals surface area contributed by atoms with E-state index in [-0.39, 0.29) is 0 Å². The van der Waals surface area contributed by atoms with E-state index in [1.165, 1.54) is 37.7 Å². The van der Waals surface area contributed by atoms with Crippen molar-refractivity contribution in [3.05, 3.63) is 29.8 Å². The van der Waals surface area contributed by atoms with Crippen LogP contribution in [0.2, 0.25) is 0 Å². The summed E-state index contributed by atoms with van der Waals surface area (Å²) in [5.41, 5.74) is 8.09.